The van der Waals surface area contributed by atoms with Crippen LogP contribution >= 0.6 is 11.8 Å². The number of rotatable bonds is 9. The monoisotopic (exact) mass is 304 g/mol. The van der Waals surface area contributed by atoms with Crippen LogP contribution in [0.15, 0.2) is 0 Å². The van der Waals surface area contributed by atoms with Gasteiger partial charge in [-0.05, 0) is 45.7 Å². The van der Waals surface area contributed by atoms with Crippen LogP contribution in [0.3, 0.4) is 0 Å². The lowest BCUT2D eigenvalue weighted by Gasteiger charge is -2.34. The zero-order valence-corrected chi connectivity index (χ0v) is 14.0. The van der Waals surface area contributed by atoms with Crippen LogP contribution in [-0.2, 0) is 9.59 Å². The summed E-state index contributed by atoms with van der Waals surface area (Å²) in [6, 6.07) is -0.778. The van der Waals surface area contributed by atoms with Crippen molar-refractivity contribution in [3.63, 3.8) is 0 Å². The molecule has 0 rings (SSSR count). The number of carbonyl (C=O) groups excluding carboxylic acids is 1. The molecule has 20 heavy (non-hydrogen) atoms. The van der Waals surface area contributed by atoms with Crippen LogP contribution in [0.5, 0.6) is 0 Å². The summed E-state index contributed by atoms with van der Waals surface area (Å²) >= 11 is 1.58. The Morgan fingerprint density at radius 3 is 2.35 bits per heavy atom. The normalized spacial score (nSPS) is 13.3. The van der Waals surface area contributed by atoms with Gasteiger partial charge in [0.1, 0.15) is 6.04 Å². The van der Waals surface area contributed by atoms with Gasteiger partial charge >= 0.3 is 5.97 Å². The molecule has 0 aliphatic rings. The highest BCUT2D eigenvalue weighted by Crippen LogP contribution is 2.12. The molecule has 0 saturated carbocycles. The average Bonchev–Trinajstić information content (AvgIpc) is 2.33. The van der Waals surface area contributed by atoms with E-state index in [2.05, 4.69) is 37.9 Å². The van der Waals surface area contributed by atoms with Crippen molar-refractivity contribution in [2.45, 2.75) is 52.1 Å². The molecule has 2 N–H and O–H groups in total. The summed E-state index contributed by atoms with van der Waals surface area (Å²) in [5, 5.41) is 11.7. The van der Waals surface area contributed by atoms with Crippen molar-refractivity contribution in [3.8, 4) is 0 Å². The van der Waals surface area contributed by atoms with Crippen molar-refractivity contribution in [2.24, 2.45) is 0 Å². The zero-order valence-electron chi connectivity index (χ0n) is 13.2. The molecule has 0 bridgehead atoms. The van der Waals surface area contributed by atoms with E-state index in [1.165, 1.54) is 0 Å². The van der Waals surface area contributed by atoms with E-state index in [1.807, 2.05) is 6.26 Å². The van der Waals surface area contributed by atoms with Crippen LogP contribution in [0.1, 0.15) is 40.5 Å². The van der Waals surface area contributed by atoms with Crippen LogP contribution in [-0.4, -0.2) is 58.6 Å². The number of carboxylic acids is 1. The summed E-state index contributed by atoms with van der Waals surface area (Å²) in [5.41, 5.74) is 0.0140. The lowest BCUT2D eigenvalue weighted by atomic mass is 10.1. The van der Waals surface area contributed by atoms with Crippen LogP contribution in [0.4, 0.5) is 0 Å². The van der Waals surface area contributed by atoms with Gasteiger partial charge in [0.15, 0.2) is 0 Å². The average molecular weight is 304 g/mol. The molecule has 1 atom stereocenters. The van der Waals surface area contributed by atoms with Crippen LogP contribution in [0.2, 0.25) is 0 Å². The summed E-state index contributed by atoms with van der Waals surface area (Å²) in [4.78, 5) is 25.1. The van der Waals surface area contributed by atoms with E-state index in [0.29, 0.717) is 19.4 Å². The van der Waals surface area contributed by atoms with Gasteiger partial charge in [-0.15, -0.1) is 0 Å². The third kappa shape index (κ3) is 7.75. The molecule has 0 saturated heterocycles. The Morgan fingerprint density at radius 1 is 1.35 bits per heavy atom. The Kier molecular flexibility index (Phi) is 8.89. The maximum atomic E-state index is 11.9. The second-order valence-corrected chi connectivity index (χ2v) is 6.73. The summed E-state index contributed by atoms with van der Waals surface area (Å²) in [7, 11) is 0. The SMILES string of the molecule is CCN(CCC(=O)NC(CCSC)C(=O)O)C(C)(C)C. The molecule has 1 unspecified atom stereocenters. The lowest BCUT2D eigenvalue weighted by Crippen LogP contribution is -2.45. The standard InChI is InChI=1S/C14H28N2O3S/c1-6-16(14(2,3)4)9-7-12(17)15-11(13(18)19)8-10-20-5/h11H,6-10H2,1-5H3,(H,15,17)(H,18,19). The van der Waals surface area contributed by atoms with E-state index < -0.39 is 12.0 Å². The lowest BCUT2D eigenvalue weighted by molar-refractivity contribution is -0.141. The maximum Gasteiger partial charge on any atom is 0.326 e. The Balaban J connectivity index is 4.29. The van der Waals surface area contributed by atoms with E-state index in [0.717, 1.165) is 12.3 Å². The van der Waals surface area contributed by atoms with Gasteiger partial charge < -0.3 is 10.4 Å². The molecule has 0 heterocycles. The molecule has 0 aliphatic carbocycles. The van der Waals surface area contributed by atoms with E-state index in [4.69, 9.17) is 5.11 Å². The third-order valence-electron chi connectivity index (χ3n) is 3.18. The second kappa shape index (κ2) is 9.23. The topological polar surface area (TPSA) is 69.6 Å². The van der Waals surface area contributed by atoms with Crippen molar-refractivity contribution in [1.29, 1.82) is 0 Å². The van der Waals surface area contributed by atoms with Crippen LogP contribution in [0.25, 0.3) is 0 Å². The number of nitrogens with one attached hydrogen (secondary N) is 1. The molecule has 0 aromatic rings. The first-order chi connectivity index (χ1) is 9.22. The number of nitrogens with zero attached hydrogens (tertiary/aromatic N) is 1. The highest BCUT2D eigenvalue weighted by molar-refractivity contribution is 7.98. The predicted molar refractivity (Wildman–Crippen MR) is 84.2 cm³/mol. The molecule has 0 spiro atoms. The van der Waals surface area contributed by atoms with Gasteiger partial charge in [-0.1, -0.05) is 6.92 Å². The summed E-state index contributed by atoms with van der Waals surface area (Å²) < 4.78 is 0. The summed E-state index contributed by atoms with van der Waals surface area (Å²) in [6.45, 7) is 9.88. The quantitative estimate of drug-likeness (QED) is 0.680. The molecule has 5 nitrogen and oxygen atoms in total. The van der Waals surface area contributed by atoms with Gasteiger partial charge in [-0.2, -0.15) is 11.8 Å². The first-order valence-corrected chi connectivity index (χ1v) is 8.37. The first kappa shape index (κ1) is 19.2. The van der Waals surface area contributed by atoms with Gasteiger partial charge in [-0.3, -0.25) is 9.69 Å². The molecule has 0 fully saturated rings. The van der Waals surface area contributed by atoms with Crippen molar-refractivity contribution < 1.29 is 14.7 Å². The van der Waals surface area contributed by atoms with Gasteiger partial charge in [-0.25, -0.2) is 4.79 Å². The van der Waals surface area contributed by atoms with Crippen molar-refractivity contribution >= 4 is 23.6 Å². The van der Waals surface area contributed by atoms with E-state index in [-0.39, 0.29) is 11.4 Å². The first-order valence-electron chi connectivity index (χ1n) is 6.98. The largest absolute Gasteiger partial charge is 0.480 e. The minimum absolute atomic E-state index is 0.0140. The van der Waals surface area contributed by atoms with Crippen molar-refractivity contribution in [3.05, 3.63) is 0 Å². The molecule has 0 aromatic carbocycles. The number of carbonyl (C=O) groups is 2. The highest BCUT2D eigenvalue weighted by atomic mass is 32.2. The van der Waals surface area contributed by atoms with Crippen molar-refractivity contribution in [2.75, 3.05) is 25.1 Å². The van der Waals surface area contributed by atoms with Gasteiger partial charge in [0, 0.05) is 18.5 Å². The fourth-order valence-electron chi connectivity index (χ4n) is 1.96. The molecular formula is C14H28N2O3S. The smallest absolute Gasteiger partial charge is 0.326 e. The van der Waals surface area contributed by atoms with Gasteiger partial charge in [0.05, 0.1) is 0 Å². The van der Waals surface area contributed by atoms with Crippen LogP contribution in [0, 0.1) is 0 Å². The summed E-state index contributed by atoms with van der Waals surface area (Å²) in [5.74, 6) is -0.433. The fourth-order valence-corrected chi connectivity index (χ4v) is 2.44. The molecular weight excluding hydrogens is 276 g/mol. The molecule has 0 aromatic heterocycles. The Morgan fingerprint density at radius 2 is 1.95 bits per heavy atom. The number of thioether (sulfide) groups is 1. The Labute approximate surface area is 126 Å². The van der Waals surface area contributed by atoms with Gasteiger partial charge in [0.25, 0.3) is 0 Å². The molecule has 0 aliphatic heterocycles. The van der Waals surface area contributed by atoms with Crippen LogP contribution < -0.4 is 5.32 Å². The molecule has 6 heteroatoms. The fraction of sp³-hybridized carbons (Fsp3) is 0.857. The highest BCUT2D eigenvalue weighted by Gasteiger charge is 2.22. The number of carboxylic acid groups (broad SMARTS) is 1. The number of hydrogen-bond donors (Lipinski definition) is 2. The minimum atomic E-state index is -0.962. The van der Waals surface area contributed by atoms with E-state index in [1.54, 1.807) is 11.8 Å². The second-order valence-electron chi connectivity index (χ2n) is 5.74. The van der Waals surface area contributed by atoms with Gasteiger partial charge in [0.2, 0.25) is 5.91 Å². The number of hydrogen-bond acceptors (Lipinski definition) is 4. The zero-order chi connectivity index (χ0) is 15.8. The molecule has 118 valence electrons. The molecule has 0 radical (unpaired) electrons. The van der Waals surface area contributed by atoms with E-state index in [9.17, 15) is 9.59 Å². The third-order valence-corrected chi connectivity index (χ3v) is 3.83. The Hall–Kier alpha value is -0.750. The summed E-state index contributed by atoms with van der Waals surface area (Å²) in [6.07, 6.45) is 2.70. The van der Waals surface area contributed by atoms with E-state index >= 15 is 0 Å². The maximum absolute atomic E-state index is 11.9. The van der Waals surface area contributed by atoms with Crippen molar-refractivity contribution in [1.82, 2.24) is 10.2 Å². The molecule has 1 amide bonds. The predicted octanol–water partition coefficient (Wildman–Crippen LogP) is 1.82. The minimum Gasteiger partial charge on any atom is -0.480 e. The number of aliphatic carboxylic acids is 1. The Bertz CT molecular complexity index is 316. The number of amides is 1.